The largest absolute Gasteiger partial charge is 0.673 e. The van der Waals surface area contributed by atoms with Crippen molar-refractivity contribution < 1.29 is 27.2 Å². The van der Waals surface area contributed by atoms with Gasteiger partial charge in [-0.15, -0.1) is 0 Å². The van der Waals surface area contributed by atoms with Crippen LogP contribution in [-0.4, -0.2) is 13.2 Å². The quantitative estimate of drug-likeness (QED) is 0.397. The standard InChI is InChI=1S/2C6H5N2.C2H4O2.BF4/c2*7-8-6-4-2-1-3-5-6;1-2(3)4;2-1(3,4)5/h2*1-5H;1H3,(H,3,4);/q2*+1;;-1/p-1. The average Bonchev–Trinajstić information content (AvgIpc) is 2.55. The van der Waals surface area contributed by atoms with Crippen molar-refractivity contribution in [1.82, 2.24) is 0 Å². The van der Waals surface area contributed by atoms with Crippen molar-refractivity contribution in [1.29, 1.82) is 10.8 Å². The second kappa shape index (κ2) is 14.1. The van der Waals surface area contributed by atoms with Crippen LogP contribution in [-0.2, 0) is 4.79 Å². The lowest BCUT2D eigenvalue weighted by Crippen LogP contribution is -2.16. The molecule has 0 bridgehead atoms. The van der Waals surface area contributed by atoms with Crippen LogP contribution in [0.15, 0.2) is 60.7 Å². The van der Waals surface area contributed by atoms with E-state index in [4.69, 9.17) is 20.7 Å². The molecule has 25 heavy (non-hydrogen) atoms. The Bertz CT molecular complexity index is 626. The van der Waals surface area contributed by atoms with E-state index in [0.29, 0.717) is 11.4 Å². The fourth-order valence-electron chi connectivity index (χ4n) is 0.989. The highest BCUT2D eigenvalue weighted by molar-refractivity contribution is 6.50. The molecule has 132 valence electrons. The van der Waals surface area contributed by atoms with Crippen molar-refractivity contribution in [3.05, 3.63) is 70.6 Å². The molecule has 0 amide bonds. The molecule has 0 spiro atoms. The van der Waals surface area contributed by atoms with E-state index in [2.05, 4.69) is 9.95 Å². The van der Waals surface area contributed by atoms with Crippen LogP contribution in [0.2, 0.25) is 0 Å². The third kappa shape index (κ3) is 25.8. The molecule has 2 rings (SSSR count). The molecule has 11 heteroatoms. The number of diazo groups is 2. The number of carboxylic acids is 1. The summed E-state index contributed by atoms with van der Waals surface area (Å²) in [6.45, 7) is 0.972. The minimum atomic E-state index is -6.00. The summed E-state index contributed by atoms with van der Waals surface area (Å²) in [6.07, 6.45) is 0. The highest BCUT2D eigenvalue weighted by atomic mass is 19.5. The molecular weight excluding hydrogens is 343 g/mol. The molecule has 2 aromatic carbocycles. The number of benzene rings is 2. The summed E-state index contributed by atoms with van der Waals surface area (Å²) in [6, 6.07) is 17.9. The van der Waals surface area contributed by atoms with Gasteiger partial charge >= 0.3 is 18.6 Å². The second-order valence-electron chi connectivity index (χ2n) is 3.86. The topological polar surface area (TPSA) is 96.4 Å². The molecule has 2 aromatic rings. The van der Waals surface area contributed by atoms with Crippen molar-refractivity contribution in [3.8, 4) is 0 Å². The lowest BCUT2D eigenvalue weighted by molar-refractivity contribution is -0.302. The Morgan fingerprint density at radius 2 is 1.04 bits per heavy atom. The molecule has 0 aliphatic carbocycles. The van der Waals surface area contributed by atoms with E-state index >= 15 is 0 Å². The first-order chi connectivity index (χ1) is 11.6. The van der Waals surface area contributed by atoms with E-state index in [0.717, 1.165) is 6.92 Å². The minimum Gasteiger partial charge on any atom is -0.550 e. The van der Waals surface area contributed by atoms with Crippen molar-refractivity contribution in [2.75, 3.05) is 0 Å². The molecule has 0 saturated carbocycles. The Kier molecular flexibility index (Phi) is 13.5. The number of hydrogen-bond donors (Lipinski definition) is 0. The summed E-state index contributed by atoms with van der Waals surface area (Å²) in [5, 5.41) is 25.2. The van der Waals surface area contributed by atoms with E-state index in [1.54, 1.807) is 24.3 Å². The lowest BCUT2D eigenvalue weighted by Gasteiger charge is -1.94. The molecule has 0 unspecified atom stereocenters. The Hall–Kier alpha value is -3.47. The van der Waals surface area contributed by atoms with Crippen LogP contribution in [0.1, 0.15) is 6.92 Å². The molecule has 0 N–H and O–H groups in total. The number of hydrogen-bond acceptors (Lipinski definition) is 4. The summed E-state index contributed by atoms with van der Waals surface area (Å²) < 4.78 is 39.0. The molecule has 0 atom stereocenters. The smallest absolute Gasteiger partial charge is 0.550 e. The number of carboxylic acid groups (broad SMARTS) is 1. The van der Waals surface area contributed by atoms with Gasteiger partial charge in [0.1, 0.15) is 0 Å². The van der Waals surface area contributed by atoms with Gasteiger partial charge in [-0.3, -0.25) is 0 Å². The van der Waals surface area contributed by atoms with E-state index < -0.39 is 13.2 Å². The third-order valence-electron chi connectivity index (χ3n) is 1.74. The van der Waals surface area contributed by atoms with Gasteiger partial charge in [0.15, 0.2) is 9.95 Å². The van der Waals surface area contributed by atoms with Gasteiger partial charge in [-0.2, -0.15) is 0 Å². The van der Waals surface area contributed by atoms with Gasteiger partial charge in [0, 0.05) is 30.2 Å². The van der Waals surface area contributed by atoms with Crippen molar-refractivity contribution in [3.63, 3.8) is 0 Å². The summed E-state index contributed by atoms with van der Waals surface area (Å²) in [4.78, 5) is 14.8. The summed E-state index contributed by atoms with van der Waals surface area (Å²) >= 11 is 0. The molecule has 0 radical (unpaired) electrons. The normalized spacial score (nSPS) is 8.44. The minimum absolute atomic E-state index is 0.590. The number of rotatable bonds is 0. The summed E-state index contributed by atoms with van der Waals surface area (Å²) in [5.74, 6) is -1.08. The zero-order chi connectivity index (χ0) is 19.7. The van der Waals surface area contributed by atoms with Gasteiger partial charge in [-0.1, -0.05) is 36.4 Å². The molecule has 0 fully saturated rings. The summed E-state index contributed by atoms with van der Waals surface area (Å²) in [5.41, 5.74) is 1.18. The first-order valence-electron chi connectivity index (χ1n) is 6.45. The van der Waals surface area contributed by atoms with Crippen LogP contribution >= 0.6 is 0 Å². The molecule has 6 nitrogen and oxygen atoms in total. The maximum atomic E-state index is 9.75. The number of carbonyl (C=O) groups excluding carboxylic acids is 1. The zero-order valence-electron chi connectivity index (χ0n) is 13.0. The van der Waals surface area contributed by atoms with Crippen molar-refractivity contribution in [2.45, 2.75) is 6.92 Å². The maximum absolute atomic E-state index is 9.75. The third-order valence-corrected chi connectivity index (χ3v) is 1.74. The van der Waals surface area contributed by atoms with E-state index in [-0.39, 0.29) is 0 Å². The first-order valence-corrected chi connectivity index (χ1v) is 6.45. The van der Waals surface area contributed by atoms with Crippen molar-refractivity contribution in [2.24, 2.45) is 0 Å². The van der Waals surface area contributed by atoms with Crippen LogP contribution in [0.25, 0.3) is 9.95 Å². The van der Waals surface area contributed by atoms with Crippen molar-refractivity contribution >= 4 is 24.6 Å². The lowest BCUT2D eigenvalue weighted by atomic mass is 10.3. The molecule has 0 heterocycles. The van der Waals surface area contributed by atoms with Crippen LogP contribution in [0.5, 0.6) is 0 Å². The monoisotopic (exact) mass is 356 g/mol. The molecule has 0 saturated heterocycles. The predicted octanol–water partition coefficient (Wildman–Crippen LogP) is 4.40. The Morgan fingerprint density at radius 1 is 0.840 bits per heavy atom. The fraction of sp³-hybridized carbons (Fsp3) is 0.0714. The number of aliphatic carboxylic acids is 1. The van der Waals surface area contributed by atoms with Gasteiger partial charge < -0.3 is 27.2 Å². The van der Waals surface area contributed by atoms with E-state index in [1.807, 2.05) is 36.4 Å². The zero-order valence-corrected chi connectivity index (χ0v) is 13.0. The SMILES string of the molecule is CC(=O)[O-].F[B-](F)(F)F.N#[N+]c1ccccc1.N#[N+]c1ccccc1. The van der Waals surface area contributed by atoms with Crippen LogP contribution in [0.4, 0.5) is 28.6 Å². The highest BCUT2D eigenvalue weighted by Gasteiger charge is 2.20. The fourth-order valence-corrected chi connectivity index (χ4v) is 0.989. The maximum Gasteiger partial charge on any atom is 0.673 e. The number of halogens is 4. The van der Waals surface area contributed by atoms with Gasteiger partial charge in [0.25, 0.3) is 0 Å². The Balaban J connectivity index is 0. The van der Waals surface area contributed by atoms with Crippen LogP contribution < -0.4 is 5.11 Å². The average molecular weight is 356 g/mol. The van der Waals surface area contributed by atoms with E-state index in [9.17, 15) is 17.3 Å². The number of nitrogens with zero attached hydrogens (tertiary/aromatic N) is 4. The molecule has 0 aromatic heterocycles. The molecule has 0 aliphatic rings. The molecule has 0 aliphatic heterocycles. The summed E-state index contributed by atoms with van der Waals surface area (Å²) in [7, 11) is -6.00. The van der Waals surface area contributed by atoms with Gasteiger partial charge in [-0.05, 0) is 6.92 Å². The van der Waals surface area contributed by atoms with E-state index in [1.165, 1.54) is 0 Å². The molecular formula is C14H13BF4N4O2. The Morgan fingerprint density at radius 3 is 1.16 bits per heavy atom. The van der Waals surface area contributed by atoms with Crippen LogP contribution in [0, 0.1) is 10.8 Å². The second-order valence-corrected chi connectivity index (χ2v) is 3.86. The highest BCUT2D eigenvalue weighted by Crippen LogP contribution is 2.08. The first kappa shape index (κ1) is 23.8. The van der Waals surface area contributed by atoms with Gasteiger partial charge in [0.05, 0.1) is 0 Å². The van der Waals surface area contributed by atoms with Gasteiger partial charge in [-0.25, -0.2) is 0 Å². The number of carbonyl (C=O) groups is 1. The van der Waals surface area contributed by atoms with Gasteiger partial charge in [0.2, 0.25) is 10.8 Å². The Labute approximate surface area is 141 Å². The van der Waals surface area contributed by atoms with Crippen LogP contribution in [0.3, 0.4) is 0 Å². The predicted molar refractivity (Wildman–Crippen MR) is 83.2 cm³/mol.